The second-order valence-corrected chi connectivity index (χ2v) is 6.45. The summed E-state index contributed by atoms with van der Waals surface area (Å²) in [4.78, 5) is 11.2. The number of methoxy groups -OCH3 is 1. The molecule has 0 bridgehead atoms. The number of hydrogen-bond acceptors (Lipinski definition) is 5. The van der Waals surface area contributed by atoms with E-state index >= 15 is 0 Å². The van der Waals surface area contributed by atoms with E-state index in [1.165, 1.54) is 7.11 Å². The van der Waals surface area contributed by atoms with Crippen LogP contribution in [0.5, 0.6) is 11.5 Å². The third kappa shape index (κ3) is 6.35. The summed E-state index contributed by atoms with van der Waals surface area (Å²) >= 11 is 1.65. The smallest absolute Gasteiger partial charge is 0.194 e. The number of aromatic nitrogens is 1. The minimum absolute atomic E-state index is 0. The summed E-state index contributed by atoms with van der Waals surface area (Å²) in [5, 5.41) is 16.3. The van der Waals surface area contributed by atoms with Crippen molar-refractivity contribution in [2.24, 2.45) is 4.99 Å². The predicted molar refractivity (Wildman–Crippen MR) is 113 cm³/mol. The highest BCUT2D eigenvalue weighted by molar-refractivity contribution is 14.0. The number of nitrogens with one attached hydrogen (secondary N) is 1. The average Bonchev–Trinajstić information content (AvgIpc) is 2.96. The SMILES string of the molecule is CCNC(=NCc1ccc(OC)c(O)c1)N(C)Cc1csc(C)n1.I. The number of rotatable bonds is 6. The Morgan fingerprint density at radius 1 is 1.44 bits per heavy atom. The number of nitrogens with zero attached hydrogens (tertiary/aromatic N) is 3. The van der Waals surface area contributed by atoms with Crippen molar-refractivity contribution >= 4 is 41.3 Å². The van der Waals surface area contributed by atoms with Crippen LogP contribution in [0.4, 0.5) is 0 Å². The number of thiazole rings is 1. The first-order valence-corrected chi connectivity index (χ1v) is 8.67. The Bertz CT molecular complexity index is 706. The van der Waals surface area contributed by atoms with E-state index in [2.05, 4.69) is 20.7 Å². The summed E-state index contributed by atoms with van der Waals surface area (Å²) in [6, 6.07) is 5.32. The topological polar surface area (TPSA) is 70.0 Å². The average molecular weight is 476 g/mol. The first kappa shape index (κ1) is 21.5. The molecule has 0 atom stereocenters. The van der Waals surface area contributed by atoms with Gasteiger partial charge in [-0.1, -0.05) is 6.07 Å². The van der Waals surface area contributed by atoms with Crippen molar-refractivity contribution in [3.63, 3.8) is 0 Å². The number of phenols is 1. The molecule has 2 rings (SSSR count). The molecule has 25 heavy (non-hydrogen) atoms. The van der Waals surface area contributed by atoms with Gasteiger partial charge in [0.25, 0.3) is 0 Å². The van der Waals surface area contributed by atoms with Gasteiger partial charge in [0.05, 0.1) is 30.9 Å². The van der Waals surface area contributed by atoms with Crippen LogP contribution >= 0.6 is 35.3 Å². The van der Waals surface area contributed by atoms with E-state index in [4.69, 9.17) is 4.74 Å². The van der Waals surface area contributed by atoms with E-state index in [1.54, 1.807) is 23.5 Å². The lowest BCUT2D eigenvalue weighted by atomic mass is 10.2. The molecule has 138 valence electrons. The number of ether oxygens (including phenoxy) is 1. The minimum atomic E-state index is 0. The second-order valence-electron chi connectivity index (χ2n) is 5.39. The van der Waals surface area contributed by atoms with Crippen molar-refractivity contribution in [2.45, 2.75) is 26.9 Å². The van der Waals surface area contributed by atoms with Gasteiger partial charge in [0.15, 0.2) is 17.5 Å². The third-order valence-electron chi connectivity index (χ3n) is 3.42. The van der Waals surface area contributed by atoms with E-state index in [1.807, 2.05) is 31.9 Å². The summed E-state index contributed by atoms with van der Waals surface area (Å²) in [5.41, 5.74) is 1.95. The fourth-order valence-corrected chi connectivity index (χ4v) is 2.87. The largest absolute Gasteiger partial charge is 0.504 e. The summed E-state index contributed by atoms with van der Waals surface area (Å²) in [6.45, 7) is 6.00. The zero-order chi connectivity index (χ0) is 17.5. The van der Waals surface area contributed by atoms with Gasteiger partial charge in [-0.15, -0.1) is 35.3 Å². The Labute approximate surface area is 170 Å². The van der Waals surface area contributed by atoms with E-state index in [0.29, 0.717) is 18.8 Å². The molecule has 6 nitrogen and oxygen atoms in total. The molecule has 1 aromatic carbocycles. The van der Waals surface area contributed by atoms with Crippen LogP contribution in [0.15, 0.2) is 28.6 Å². The fraction of sp³-hybridized carbons (Fsp3) is 0.412. The highest BCUT2D eigenvalue weighted by Crippen LogP contribution is 2.26. The number of benzene rings is 1. The minimum Gasteiger partial charge on any atom is -0.504 e. The maximum Gasteiger partial charge on any atom is 0.194 e. The van der Waals surface area contributed by atoms with Gasteiger partial charge >= 0.3 is 0 Å². The Balaban J connectivity index is 0.00000312. The van der Waals surface area contributed by atoms with E-state index in [-0.39, 0.29) is 29.7 Å². The van der Waals surface area contributed by atoms with Crippen LogP contribution in [-0.4, -0.2) is 41.7 Å². The van der Waals surface area contributed by atoms with Crippen LogP contribution in [0.25, 0.3) is 0 Å². The standard InChI is InChI=1S/C17H24N4O2S.HI/c1-5-18-17(21(3)10-14-11-24-12(2)20-14)19-9-13-6-7-16(23-4)15(22)8-13;/h6-8,11,22H,5,9-10H2,1-4H3,(H,18,19);1H. The molecule has 0 aliphatic heterocycles. The highest BCUT2D eigenvalue weighted by Gasteiger charge is 2.09. The van der Waals surface area contributed by atoms with Crippen molar-refractivity contribution in [1.29, 1.82) is 0 Å². The lowest BCUT2D eigenvalue weighted by Crippen LogP contribution is -2.38. The van der Waals surface area contributed by atoms with Crippen molar-refractivity contribution in [3.05, 3.63) is 39.8 Å². The van der Waals surface area contributed by atoms with E-state index < -0.39 is 0 Å². The molecule has 2 aromatic rings. The Morgan fingerprint density at radius 2 is 2.20 bits per heavy atom. The maximum atomic E-state index is 9.86. The molecular weight excluding hydrogens is 451 g/mol. The molecule has 1 heterocycles. The molecule has 0 unspecified atom stereocenters. The number of guanidine groups is 1. The van der Waals surface area contributed by atoms with Gasteiger partial charge in [-0.2, -0.15) is 0 Å². The van der Waals surface area contributed by atoms with E-state index in [9.17, 15) is 5.11 Å². The molecule has 0 aliphatic carbocycles. The summed E-state index contributed by atoms with van der Waals surface area (Å²) in [5.74, 6) is 1.39. The number of phenolic OH excluding ortho intramolecular Hbond substituents is 1. The van der Waals surface area contributed by atoms with Crippen LogP contribution in [-0.2, 0) is 13.1 Å². The highest BCUT2D eigenvalue weighted by atomic mass is 127. The van der Waals surface area contributed by atoms with Gasteiger partial charge in [-0.3, -0.25) is 0 Å². The molecule has 0 radical (unpaired) electrons. The normalized spacial score (nSPS) is 11.0. The second kappa shape index (κ2) is 10.4. The lowest BCUT2D eigenvalue weighted by molar-refractivity contribution is 0.373. The molecule has 1 aromatic heterocycles. The molecule has 0 aliphatic rings. The number of aliphatic imine (C=N–C) groups is 1. The van der Waals surface area contributed by atoms with Crippen LogP contribution < -0.4 is 10.1 Å². The van der Waals surface area contributed by atoms with Gasteiger partial charge in [-0.05, 0) is 31.5 Å². The lowest BCUT2D eigenvalue weighted by Gasteiger charge is -2.21. The van der Waals surface area contributed by atoms with Crippen molar-refractivity contribution < 1.29 is 9.84 Å². The molecule has 0 fully saturated rings. The Morgan fingerprint density at radius 3 is 2.76 bits per heavy atom. The van der Waals surface area contributed by atoms with Crippen LogP contribution in [0, 0.1) is 6.92 Å². The molecule has 0 spiro atoms. The first-order valence-electron chi connectivity index (χ1n) is 7.79. The van der Waals surface area contributed by atoms with Gasteiger partial charge < -0.3 is 20.1 Å². The third-order valence-corrected chi connectivity index (χ3v) is 4.24. The summed E-state index contributed by atoms with van der Waals surface area (Å²) in [7, 11) is 3.52. The number of aromatic hydroxyl groups is 1. The summed E-state index contributed by atoms with van der Waals surface area (Å²) < 4.78 is 5.06. The van der Waals surface area contributed by atoms with Crippen LogP contribution in [0.2, 0.25) is 0 Å². The van der Waals surface area contributed by atoms with Crippen molar-refractivity contribution in [2.75, 3.05) is 20.7 Å². The molecule has 2 N–H and O–H groups in total. The molecule has 0 saturated carbocycles. The first-order chi connectivity index (χ1) is 11.5. The van der Waals surface area contributed by atoms with Crippen molar-refractivity contribution in [3.8, 4) is 11.5 Å². The molecular formula is C17H25IN4O2S. The number of halogens is 1. The predicted octanol–water partition coefficient (Wildman–Crippen LogP) is 3.38. The Kier molecular flexibility index (Phi) is 8.98. The van der Waals surface area contributed by atoms with Crippen LogP contribution in [0.1, 0.15) is 23.2 Å². The fourth-order valence-electron chi connectivity index (χ4n) is 2.27. The quantitative estimate of drug-likeness (QED) is 0.380. The van der Waals surface area contributed by atoms with E-state index in [0.717, 1.165) is 28.8 Å². The van der Waals surface area contributed by atoms with Gasteiger partial charge in [0.2, 0.25) is 0 Å². The molecule has 8 heteroatoms. The summed E-state index contributed by atoms with van der Waals surface area (Å²) in [6.07, 6.45) is 0. The van der Waals surface area contributed by atoms with Gasteiger partial charge in [-0.25, -0.2) is 9.98 Å². The number of aryl methyl sites for hydroxylation is 1. The monoisotopic (exact) mass is 476 g/mol. The van der Waals surface area contributed by atoms with Crippen molar-refractivity contribution in [1.82, 2.24) is 15.2 Å². The van der Waals surface area contributed by atoms with Crippen LogP contribution in [0.3, 0.4) is 0 Å². The molecule has 0 saturated heterocycles. The zero-order valence-electron chi connectivity index (χ0n) is 14.9. The zero-order valence-corrected chi connectivity index (χ0v) is 18.1. The maximum absolute atomic E-state index is 9.86. The van der Waals surface area contributed by atoms with Gasteiger partial charge in [0.1, 0.15) is 0 Å². The number of hydrogen-bond donors (Lipinski definition) is 2. The van der Waals surface area contributed by atoms with Gasteiger partial charge in [0, 0.05) is 19.0 Å². The Hall–Kier alpha value is -1.55. The molecule has 0 amide bonds.